The van der Waals surface area contributed by atoms with Crippen molar-refractivity contribution >= 4 is 23.2 Å². The first-order chi connectivity index (χ1) is 14.1. The van der Waals surface area contributed by atoms with Gasteiger partial charge in [-0.2, -0.15) is 0 Å². The van der Waals surface area contributed by atoms with Gasteiger partial charge in [0, 0.05) is 25.5 Å². The number of aryl methyl sites for hydroxylation is 1. The number of rotatable bonds is 5. The number of nitrogens with one attached hydrogen (secondary N) is 3. The van der Waals surface area contributed by atoms with Gasteiger partial charge >= 0.3 is 0 Å². The molecule has 3 N–H and O–H groups in total. The van der Waals surface area contributed by atoms with E-state index in [4.69, 9.17) is 4.74 Å². The van der Waals surface area contributed by atoms with E-state index in [0.717, 1.165) is 23.8 Å². The van der Waals surface area contributed by atoms with E-state index in [1.54, 1.807) is 16.7 Å². The van der Waals surface area contributed by atoms with Crippen molar-refractivity contribution in [3.8, 4) is 0 Å². The minimum absolute atomic E-state index is 0.207. The number of carbonyl (C=O) groups is 1. The van der Waals surface area contributed by atoms with Crippen molar-refractivity contribution in [2.45, 2.75) is 38.3 Å². The van der Waals surface area contributed by atoms with Gasteiger partial charge in [-0.1, -0.05) is 0 Å². The molecule has 5 rings (SSSR count). The number of anilines is 3. The molecule has 152 valence electrons. The Labute approximate surface area is 167 Å². The lowest BCUT2D eigenvalue weighted by atomic mass is 10.0. The van der Waals surface area contributed by atoms with Crippen molar-refractivity contribution in [3.05, 3.63) is 40.1 Å². The van der Waals surface area contributed by atoms with Crippen LogP contribution in [0, 0.1) is 12.8 Å². The molecule has 4 heterocycles. The lowest BCUT2D eigenvalue weighted by Gasteiger charge is -2.35. The summed E-state index contributed by atoms with van der Waals surface area (Å²) in [6, 6.07) is 3.51. The zero-order valence-electron chi connectivity index (χ0n) is 16.3. The number of aromatic nitrogens is 3. The molecule has 9 heteroatoms. The Morgan fingerprint density at radius 2 is 1.97 bits per heavy atom. The summed E-state index contributed by atoms with van der Waals surface area (Å²) in [4.78, 5) is 34.4. The fourth-order valence-electron chi connectivity index (χ4n) is 4.14. The quantitative estimate of drug-likeness (QED) is 0.706. The molecule has 9 nitrogen and oxygen atoms in total. The number of hydrogen-bond donors (Lipinski definition) is 3. The van der Waals surface area contributed by atoms with Crippen molar-refractivity contribution in [3.63, 3.8) is 0 Å². The molecular weight excluding hydrogens is 372 g/mol. The molecule has 0 aromatic carbocycles. The first kappa shape index (κ1) is 18.1. The molecule has 29 heavy (non-hydrogen) atoms. The minimum Gasteiger partial charge on any atom is -0.381 e. The van der Waals surface area contributed by atoms with Crippen LogP contribution in [-0.4, -0.2) is 40.2 Å². The van der Waals surface area contributed by atoms with Crippen LogP contribution in [-0.2, 0) is 10.4 Å². The second-order valence-electron chi connectivity index (χ2n) is 8.07. The molecule has 0 bridgehead atoms. The van der Waals surface area contributed by atoms with Gasteiger partial charge in [-0.3, -0.25) is 14.2 Å². The van der Waals surface area contributed by atoms with Crippen molar-refractivity contribution < 1.29 is 9.53 Å². The van der Waals surface area contributed by atoms with Crippen LogP contribution in [0.25, 0.3) is 0 Å². The normalized spacial score (nSPS) is 19.7. The highest BCUT2D eigenvalue weighted by molar-refractivity contribution is 5.97. The summed E-state index contributed by atoms with van der Waals surface area (Å²) in [5.74, 6) is 1.78. The van der Waals surface area contributed by atoms with E-state index in [0.29, 0.717) is 43.3 Å². The maximum Gasteiger partial charge on any atom is 0.276 e. The molecule has 1 saturated heterocycles. The Bertz CT molecular complexity index is 1020. The maximum absolute atomic E-state index is 13.4. The van der Waals surface area contributed by atoms with Gasteiger partial charge in [0.25, 0.3) is 11.5 Å². The Kier molecular flexibility index (Phi) is 4.27. The first-order valence-electron chi connectivity index (χ1n) is 10.1. The highest BCUT2D eigenvalue weighted by Crippen LogP contribution is 2.33. The van der Waals surface area contributed by atoms with E-state index in [-0.39, 0.29) is 11.5 Å². The maximum atomic E-state index is 13.4. The first-order valence-corrected chi connectivity index (χ1v) is 10.1. The number of ether oxygens (including phenoxy) is 1. The number of carbonyl (C=O) groups excluding carboxylic acids is 1. The van der Waals surface area contributed by atoms with Crippen molar-refractivity contribution in [2.24, 2.45) is 5.92 Å². The van der Waals surface area contributed by atoms with Gasteiger partial charge < -0.3 is 20.7 Å². The fourth-order valence-corrected chi connectivity index (χ4v) is 4.14. The van der Waals surface area contributed by atoms with E-state index in [9.17, 15) is 9.59 Å². The van der Waals surface area contributed by atoms with Crippen LogP contribution in [0.3, 0.4) is 0 Å². The summed E-state index contributed by atoms with van der Waals surface area (Å²) >= 11 is 0. The minimum atomic E-state index is -0.715. The van der Waals surface area contributed by atoms with Gasteiger partial charge in [-0.15, -0.1) is 0 Å². The average Bonchev–Trinajstić information content (AvgIpc) is 3.49. The number of nitrogens with zero attached hydrogens (tertiary/aromatic N) is 3. The molecule has 1 saturated carbocycles. The molecule has 2 aromatic heterocycles. The van der Waals surface area contributed by atoms with Crippen LogP contribution in [0.5, 0.6) is 0 Å². The Hall–Kier alpha value is -2.94. The number of fused-ring (bicyclic) bond motifs is 2. The third-order valence-corrected chi connectivity index (χ3v) is 5.90. The molecule has 0 atom stereocenters. The lowest BCUT2D eigenvalue weighted by molar-refractivity contribution is 0.0120. The van der Waals surface area contributed by atoms with Crippen molar-refractivity contribution in [1.82, 2.24) is 19.9 Å². The molecule has 2 aliphatic heterocycles. The summed E-state index contributed by atoms with van der Waals surface area (Å²) in [6.07, 6.45) is 5.12. The van der Waals surface area contributed by atoms with Gasteiger partial charge in [-0.05, 0) is 37.3 Å². The predicted molar refractivity (Wildman–Crippen MR) is 107 cm³/mol. The van der Waals surface area contributed by atoms with Crippen LogP contribution in [0.2, 0.25) is 0 Å². The summed E-state index contributed by atoms with van der Waals surface area (Å²) in [7, 11) is 0. The molecule has 0 unspecified atom stereocenters. The molecule has 2 fully saturated rings. The predicted octanol–water partition coefficient (Wildman–Crippen LogP) is 1.72. The van der Waals surface area contributed by atoms with Gasteiger partial charge in [0.05, 0.1) is 13.2 Å². The standard InChI is InChI=1S/C20H24N6O3/c1-12-8-14(24-16-9-15(22-11-23-16)21-10-13-2-3-13)19(28)26-17(12)18(27)25-20(26)4-6-29-7-5-20/h8-9,11,13H,2-7,10H2,1H3,(H,25,27)(H2,21,22,23,24). The van der Waals surface area contributed by atoms with Crippen molar-refractivity contribution in [2.75, 3.05) is 30.4 Å². The monoisotopic (exact) mass is 396 g/mol. The molecular formula is C20H24N6O3. The summed E-state index contributed by atoms with van der Waals surface area (Å²) in [5, 5.41) is 9.47. The van der Waals surface area contributed by atoms with E-state index < -0.39 is 5.66 Å². The smallest absolute Gasteiger partial charge is 0.276 e. The van der Waals surface area contributed by atoms with E-state index in [1.165, 1.54) is 19.2 Å². The van der Waals surface area contributed by atoms with Crippen LogP contribution in [0.1, 0.15) is 41.7 Å². The van der Waals surface area contributed by atoms with Crippen molar-refractivity contribution in [1.29, 1.82) is 0 Å². The van der Waals surface area contributed by atoms with E-state index in [2.05, 4.69) is 25.9 Å². The second-order valence-corrected chi connectivity index (χ2v) is 8.07. The topological polar surface area (TPSA) is 110 Å². The molecule has 3 aliphatic rings. The van der Waals surface area contributed by atoms with Crippen LogP contribution >= 0.6 is 0 Å². The second kappa shape index (κ2) is 6.84. The number of hydrogen-bond acceptors (Lipinski definition) is 7. The summed E-state index contributed by atoms with van der Waals surface area (Å²) < 4.78 is 7.07. The van der Waals surface area contributed by atoms with Gasteiger partial charge in [-0.25, -0.2) is 9.97 Å². The van der Waals surface area contributed by atoms with E-state index >= 15 is 0 Å². The zero-order chi connectivity index (χ0) is 20.0. The lowest BCUT2D eigenvalue weighted by Crippen LogP contribution is -2.51. The van der Waals surface area contributed by atoms with Gasteiger partial charge in [0.15, 0.2) is 0 Å². The van der Waals surface area contributed by atoms with E-state index in [1.807, 2.05) is 6.92 Å². The average molecular weight is 396 g/mol. The Balaban J connectivity index is 1.48. The van der Waals surface area contributed by atoms with Crippen LogP contribution in [0.4, 0.5) is 17.3 Å². The third-order valence-electron chi connectivity index (χ3n) is 5.90. The van der Waals surface area contributed by atoms with Gasteiger partial charge in [0.2, 0.25) is 0 Å². The number of amides is 1. The highest BCUT2D eigenvalue weighted by Gasteiger charge is 2.45. The third kappa shape index (κ3) is 3.25. The van der Waals surface area contributed by atoms with Crippen LogP contribution < -0.4 is 21.5 Å². The largest absolute Gasteiger partial charge is 0.381 e. The molecule has 2 aromatic rings. The van der Waals surface area contributed by atoms with Crippen LogP contribution in [0.15, 0.2) is 23.3 Å². The molecule has 0 radical (unpaired) electrons. The van der Waals surface area contributed by atoms with Gasteiger partial charge in [0.1, 0.15) is 35.0 Å². The summed E-state index contributed by atoms with van der Waals surface area (Å²) in [6.45, 7) is 3.75. The Morgan fingerprint density at radius 3 is 2.72 bits per heavy atom. The molecule has 1 aliphatic carbocycles. The fraction of sp³-hybridized carbons (Fsp3) is 0.500. The molecule has 1 spiro atoms. The summed E-state index contributed by atoms with van der Waals surface area (Å²) in [5.41, 5.74) is 0.607. The SMILES string of the molecule is Cc1cc(Nc2cc(NCC3CC3)ncn2)c(=O)n2c1C(=O)NC21CCOCC1. The number of pyridine rings is 1. The zero-order valence-corrected chi connectivity index (χ0v) is 16.3. The Morgan fingerprint density at radius 1 is 1.21 bits per heavy atom. The molecule has 1 amide bonds. The highest BCUT2D eigenvalue weighted by atomic mass is 16.5.